The lowest BCUT2D eigenvalue weighted by Gasteiger charge is -2.02. The number of hydrogen-bond donors (Lipinski definition) is 0. The molecule has 0 unspecified atom stereocenters. The van der Waals surface area contributed by atoms with Gasteiger partial charge in [-0.2, -0.15) is 0 Å². The third-order valence-corrected chi connectivity index (χ3v) is 2.19. The molecule has 0 bridgehead atoms. The second kappa shape index (κ2) is 5.63. The molecular formula is C12H18O2. The van der Waals surface area contributed by atoms with E-state index in [-0.39, 0.29) is 5.78 Å². The summed E-state index contributed by atoms with van der Waals surface area (Å²) >= 11 is 0. The van der Waals surface area contributed by atoms with E-state index in [1.54, 1.807) is 6.26 Å². The molecule has 0 saturated heterocycles. The SMILES string of the molecule is CC(C)CCCC(=O)Cc1ccco1. The van der Waals surface area contributed by atoms with Gasteiger partial charge < -0.3 is 4.42 Å². The van der Waals surface area contributed by atoms with Crippen LogP contribution in [0, 0.1) is 5.92 Å². The van der Waals surface area contributed by atoms with E-state index in [2.05, 4.69) is 13.8 Å². The van der Waals surface area contributed by atoms with Crippen molar-refractivity contribution in [3.63, 3.8) is 0 Å². The summed E-state index contributed by atoms with van der Waals surface area (Å²) < 4.78 is 5.11. The Hall–Kier alpha value is -1.05. The molecule has 0 fully saturated rings. The van der Waals surface area contributed by atoms with Gasteiger partial charge in [0.2, 0.25) is 0 Å². The van der Waals surface area contributed by atoms with Crippen LogP contribution in [0.15, 0.2) is 22.8 Å². The molecular weight excluding hydrogens is 176 g/mol. The highest BCUT2D eigenvalue weighted by atomic mass is 16.3. The van der Waals surface area contributed by atoms with Crippen molar-refractivity contribution >= 4 is 5.78 Å². The Kier molecular flexibility index (Phi) is 4.44. The summed E-state index contributed by atoms with van der Waals surface area (Å²) in [7, 11) is 0. The van der Waals surface area contributed by atoms with E-state index in [1.165, 1.54) is 0 Å². The molecule has 2 heteroatoms. The Labute approximate surface area is 85.3 Å². The quantitative estimate of drug-likeness (QED) is 0.696. The molecule has 14 heavy (non-hydrogen) atoms. The Morgan fingerprint density at radius 2 is 2.29 bits per heavy atom. The monoisotopic (exact) mass is 194 g/mol. The number of rotatable bonds is 6. The Morgan fingerprint density at radius 1 is 1.50 bits per heavy atom. The molecule has 1 heterocycles. The van der Waals surface area contributed by atoms with Gasteiger partial charge in [0.1, 0.15) is 11.5 Å². The van der Waals surface area contributed by atoms with Gasteiger partial charge in [-0.3, -0.25) is 4.79 Å². The van der Waals surface area contributed by atoms with E-state index in [1.807, 2.05) is 12.1 Å². The van der Waals surface area contributed by atoms with Gasteiger partial charge >= 0.3 is 0 Å². The predicted molar refractivity (Wildman–Crippen MR) is 56.1 cm³/mol. The van der Waals surface area contributed by atoms with Crippen LogP contribution >= 0.6 is 0 Å². The van der Waals surface area contributed by atoms with E-state index in [0.717, 1.165) is 18.6 Å². The molecule has 2 nitrogen and oxygen atoms in total. The summed E-state index contributed by atoms with van der Waals surface area (Å²) in [6, 6.07) is 3.66. The minimum absolute atomic E-state index is 0.278. The molecule has 1 aromatic rings. The molecule has 78 valence electrons. The number of carbonyl (C=O) groups excluding carboxylic acids is 1. The molecule has 1 rings (SSSR count). The number of Topliss-reactive ketones (excluding diaryl/α,β-unsaturated/α-hetero) is 1. The Balaban J connectivity index is 2.17. The lowest BCUT2D eigenvalue weighted by Crippen LogP contribution is -2.02. The second-order valence-corrected chi connectivity index (χ2v) is 4.08. The zero-order chi connectivity index (χ0) is 10.4. The second-order valence-electron chi connectivity index (χ2n) is 4.08. The highest BCUT2D eigenvalue weighted by Crippen LogP contribution is 2.09. The van der Waals surface area contributed by atoms with Crippen LogP contribution in [0.2, 0.25) is 0 Å². The Bertz CT molecular complexity index is 260. The van der Waals surface area contributed by atoms with E-state index in [9.17, 15) is 4.79 Å². The van der Waals surface area contributed by atoms with Gasteiger partial charge in [-0.05, 0) is 24.5 Å². The van der Waals surface area contributed by atoms with Gasteiger partial charge in [0.25, 0.3) is 0 Å². The maximum absolute atomic E-state index is 11.4. The van der Waals surface area contributed by atoms with Crippen molar-refractivity contribution < 1.29 is 9.21 Å². The molecule has 0 radical (unpaired) electrons. The minimum atomic E-state index is 0.278. The summed E-state index contributed by atoms with van der Waals surface area (Å²) in [5.74, 6) is 1.74. The molecule has 0 aliphatic carbocycles. The first kappa shape index (κ1) is 11.0. The van der Waals surface area contributed by atoms with Crippen LogP contribution in [-0.2, 0) is 11.2 Å². The van der Waals surface area contributed by atoms with Gasteiger partial charge in [0.15, 0.2) is 0 Å². The lowest BCUT2D eigenvalue weighted by atomic mass is 10.0. The van der Waals surface area contributed by atoms with E-state index in [4.69, 9.17) is 4.42 Å². The summed E-state index contributed by atoms with van der Waals surface area (Å²) in [6.07, 6.45) is 4.86. The van der Waals surface area contributed by atoms with Gasteiger partial charge in [-0.25, -0.2) is 0 Å². The zero-order valence-electron chi connectivity index (χ0n) is 8.95. The number of hydrogen-bond acceptors (Lipinski definition) is 2. The van der Waals surface area contributed by atoms with E-state index >= 15 is 0 Å². The van der Waals surface area contributed by atoms with Crippen molar-refractivity contribution in [2.75, 3.05) is 0 Å². The minimum Gasteiger partial charge on any atom is -0.469 e. The first-order valence-electron chi connectivity index (χ1n) is 5.22. The zero-order valence-corrected chi connectivity index (χ0v) is 8.95. The van der Waals surface area contributed by atoms with Gasteiger partial charge in [-0.1, -0.05) is 20.3 Å². The number of furan rings is 1. The number of carbonyl (C=O) groups is 1. The van der Waals surface area contributed by atoms with Crippen molar-refractivity contribution in [3.8, 4) is 0 Å². The summed E-state index contributed by atoms with van der Waals surface area (Å²) in [5, 5.41) is 0. The van der Waals surface area contributed by atoms with Gasteiger partial charge in [0.05, 0.1) is 12.7 Å². The van der Waals surface area contributed by atoms with Crippen LogP contribution in [0.25, 0.3) is 0 Å². The van der Waals surface area contributed by atoms with Crippen LogP contribution < -0.4 is 0 Å². The molecule has 0 aromatic carbocycles. The van der Waals surface area contributed by atoms with Crippen LogP contribution in [-0.4, -0.2) is 5.78 Å². The van der Waals surface area contributed by atoms with E-state index in [0.29, 0.717) is 18.8 Å². The average Bonchev–Trinajstić information content (AvgIpc) is 2.56. The highest BCUT2D eigenvalue weighted by molar-refractivity contribution is 5.80. The molecule has 0 aliphatic rings. The first-order valence-corrected chi connectivity index (χ1v) is 5.22. The molecule has 0 amide bonds. The predicted octanol–water partition coefficient (Wildman–Crippen LogP) is 3.22. The van der Waals surface area contributed by atoms with Gasteiger partial charge in [0, 0.05) is 6.42 Å². The van der Waals surface area contributed by atoms with Crippen molar-refractivity contribution in [1.29, 1.82) is 0 Å². The first-order chi connectivity index (χ1) is 6.68. The van der Waals surface area contributed by atoms with Crippen molar-refractivity contribution in [2.24, 2.45) is 5.92 Å². The summed E-state index contributed by atoms with van der Waals surface area (Å²) in [5.41, 5.74) is 0. The fourth-order valence-corrected chi connectivity index (χ4v) is 1.40. The van der Waals surface area contributed by atoms with Crippen LogP contribution in [0.1, 0.15) is 38.9 Å². The molecule has 0 N–H and O–H groups in total. The standard InChI is InChI=1S/C12H18O2/c1-10(2)5-3-6-11(13)9-12-7-4-8-14-12/h4,7-8,10H,3,5-6,9H2,1-2H3. The van der Waals surface area contributed by atoms with Crippen LogP contribution in [0.3, 0.4) is 0 Å². The molecule has 0 spiro atoms. The summed E-state index contributed by atoms with van der Waals surface area (Å²) in [4.78, 5) is 11.4. The average molecular weight is 194 g/mol. The number of ketones is 1. The lowest BCUT2D eigenvalue weighted by molar-refractivity contribution is -0.118. The molecule has 1 aromatic heterocycles. The molecule has 0 aliphatic heterocycles. The van der Waals surface area contributed by atoms with Gasteiger partial charge in [-0.15, -0.1) is 0 Å². The van der Waals surface area contributed by atoms with Crippen LogP contribution in [0.4, 0.5) is 0 Å². The fraction of sp³-hybridized carbons (Fsp3) is 0.583. The molecule has 0 atom stereocenters. The fourth-order valence-electron chi connectivity index (χ4n) is 1.40. The summed E-state index contributed by atoms with van der Waals surface area (Å²) in [6.45, 7) is 4.36. The third-order valence-electron chi connectivity index (χ3n) is 2.19. The third kappa shape index (κ3) is 4.26. The topological polar surface area (TPSA) is 30.2 Å². The maximum Gasteiger partial charge on any atom is 0.140 e. The normalized spacial score (nSPS) is 10.8. The van der Waals surface area contributed by atoms with Crippen molar-refractivity contribution in [3.05, 3.63) is 24.2 Å². The smallest absolute Gasteiger partial charge is 0.140 e. The maximum atomic E-state index is 11.4. The molecule has 0 saturated carbocycles. The van der Waals surface area contributed by atoms with Crippen LogP contribution in [0.5, 0.6) is 0 Å². The van der Waals surface area contributed by atoms with Crippen molar-refractivity contribution in [2.45, 2.75) is 39.5 Å². The largest absolute Gasteiger partial charge is 0.469 e. The Morgan fingerprint density at radius 3 is 2.86 bits per heavy atom. The van der Waals surface area contributed by atoms with Crippen molar-refractivity contribution in [1.82, 2.24) is 0 Å². The highest BCUT2D eigenvalue weighted by Gasteiger charge is 2.05. The van der Waals surface area contributed by atoms with E-state index < -0.39 is 0 Å².